The summed E-state index contributed by atoms with van der Waals surface area (Å²) in [5, 5.41) is 3.57. The van der Waals surface area contributed by atoms with Crippen LogP contribution in [-0.4, -0.2) is 43.3 Å². The quantitative estimate of drug-likeness (QED) is 0.852. The minimum Gasteiger partial charge on any atom is -0.497 e. The Labute approximate surface area is 144 Å². The number of likely N-dealkylation sites (tertiary alicyclic amines) is 1. The largest absolute Gasteiger partial charge is 0.497 e. The second kappa shape index (κ2) is 5.87. The Bertz CT molecular complexity index is 641. The number of nitrogens with zero attached hydrogens (tertiary/aromatic N) is 1. The van der Waals surface area contributed by atoms with Crippen LogP contribution in [0.25, 0.3) is 0 Å². The van der Waals surface area contributed by atoms with Crippen LogP contribution < -0.4 is 10.1 Å². The number of hydrogen-bond donors (Lipinski definition) is 1. The second-order valence-corrected chi connectivity index (χ2v) is 7.97. The van der Waals surface area contributed by atoms with Crippen molar-refractivity contribution in [2.24, 2.45) is 0 Å². The fourth-order valence-electron chi connectivity index (χ4n) is 3.77. The zero-order chi connectivity index (χ0) is 17.5. The molecule has 5 nitrogen and oxygen atoms in total. The fourth-order valence-corrected chi connectivity index (χ4v) is 3.77. The first kappa shape index (κ1) is 16.9. The molecule has 0 radical (unpaired) electrons. The third-order valence-corrected chi connectivity index (χ3v) is 5.09. The first-order valence-corrected chi connectivity index (χ1v) is 8.65. The molecule has 1 saturated heterocycles. The van der Waals surface area contributed by atoms with Crippen LogP contribution in [0.1, 0.15) is 44.7 Å². The molecule has 1 spiro atoms. The molecule has 0 aromatic heterocycles. The lowest BCUT2D eigenvalue weighted by Crippen LogP contribution is -2.47. The molecule has 132 valence electrons. The molecule has 2 aliphatic rings. The lowest BCUT2D eigenvalue weighted by atomic mass is 9.74. The van der Waals surface area contributed by atoms with E-state index in [2.05, 4.69) is 24.4 Å². The molecule has 0 bridgehead atoms. The first-order chi connectivity index (χ1) is 11.2. The molecule has 0 saturated carbocycles. The monoisotopic (exact) mass is 332 g/mol. The van der Waals surface area contributed by atoms with E-state index in [-0.39, 0.29) is 11.5 Å². The van der Waals surface area contributed by atoms with E-state index in [0.29, 0.717) is 0 Å². The van der Waals surface area contributed by atoms with Crippen molar-refractivity contribution in [3.05, 3.63) is 23.3 Å². The number of piperidine rings is 1. The number of anilines is 1. The Morgan fingerprint density at radius 3 is 2.50 bits per heavy atom. The van der Waals surface area contributed by atoms with Crippen molar-refractivity contribution in [2.75, 3.05) is 32.1 Å². The SMILES string of the molecule is COc1cc(C)c2c(c1)C1(CCN(C(=O)OC(C)(C)C)CC1)CN2. The predicted molar refractivity (Wildman–Crippen MR) is 94.9 cm³/mol. The number of rotatable bonds is 1. The number of methoxy groups -OCH3 is 1. The van der Waals surface area contributed by atoms with Gasteiger partial charge in [-0.15, -0.1) is 0 Å². The van der Waals surface area contributed by atoms with E-state index in [1.165, 1.54) is 16.8 Å². The highest BCUT2D eigenvalue weighted by Crippen LogP contribution is 2.46. The molecule has 1 N–H and O–H groups in total. The van der Waals surface area contributed by atoms with Crippen LogP contribution in [0.4, 0.5) is 10.5 Å². The molecule has 0 atom stereocenters. The summed E-state index contributed by atoms with van der Waals surface area (Å²) in [6.45, 7) is 10.2. The minimum atomic E-state index is -0.446. The molecule has 2 aliphatic heterocycles. The summed E-state index contributed by atoms with van der Waals surface area (Å²) < 4.78 is 11.0. The Balaban J connectivity index is 1.76. The maximum atomic E-state index is 12.3. The number of ether oxygens (including phenoxy) is 2. The smallest absolute Gasteiger partial charge is 0.410 e. The lowest BCUT2D eigenvalue weighted by Gasteiger charge is -2.39. The van der Waals surface area contributed by atoms with E-state index < -0.39 is 5.60 Å². The Kier molecular flexibility index (Phi) is 4.14. The van der Waals surface area contributed by atoms with Crippen LogP contribution >= 0.6 is 0 Å². The van der Waals surface area contributed by atoms with Crippen LogP contribution in [0.2, 0.25) is 0 Å². The number of benzene rings is 1. The summed E-state index contributed by atoms with van der Waals surface area (Å²) in [6, 6.07) is 4.23. The summed E-state index contributed by atoms with van der Waals surface area (Å²) in [7, 11) is 1.71. The predicted octanol–water partition coefficient (Wildman–Crippen LogP) is 3.70. The third-order valence-electron chi connectivity index (χ3n) is 5.09. The minimum absolute atomic E-state index is 0.0904. The highest BCUT2D eigenvalue weighted by Gasteiger charge is 2.43. The molecule has 0 unspecified atom stereocenters. The fraction of sp³-hybridized carbons (Fsp3) is 0.632. The number of amides is 1. The van der Waals surface area contributed by atoms with Crippen LogP contribution in [0.15, 0.2) is 12.1 Å². The molecule has 1 amide bonds. The molecule has 3 rings (SSSR count). The van der Waals surface area contributed by atoms with Gasteiger partial charge in [0.1, 0.15) is 11.4 Å². The van der Waals surface area contributed by atoms with Gasteiger partial charge in [0.15, 0.2) is 0 Å². The van der Waals surface area contributed by atoms with Crippen molar-refractivity contribution in [2.45, 2.75) is 51.6 Å². The molecule has 1 aromatic carbocycles. The van der Waals surface area contributed by atoms with E-state index in [1.807, 2.05) is 25.7 Å². The van der Waals surface area contributed by atoms with Gasteiger partial charge in [-0.25, -0.2) is 4.79 Å². The van der Waals surface area contributed by atoms with Crippen molar-refractivity contribution in [1.82, 2.24) is 4.90 Å². The van der Waals surface area contributed by atoms with Gasteiger partial charge in [0.05, 0.1) is 7.11 Å². The number of nitrogens with one attached hydrogen (secondary N) is 1. The van der Waals surface area contributed by atoms with Crippen molar-refractivity contribution >= 4 is 11.8 Å². The average Bonchev–Trinajstić information content (AvgIpc) is 2.85. The van der Waals surface area contributed by atoms with Gasteiger partial charge in [-0.2, -0.15) is 0 Å². The Morgan fingerprint density at radius 1 is 1.25 bits per heavy atom. The van der Waals surface area contributed by atoms with Crippen LogP contribution in [0.5, 0.6) is 5.75 Å². The number of aryl methyl sites for hydroxylation is 1. The molecular formula is C19H28N2O3. The maximum absolute atomic E-state index is 12.3. The van der Waals surface area contributed by atoms with Crippen LogP contribution in [-0.2, 0) is 10.2 Å². The Morgan fingerprint density at radius 2 is 1.92 bits per heavy atom. The van der Waals surface area contributed by atoms with E-state index in [1.54, 1.807) is 7.11 Å². The van der Waals surface area contributed by atoms with Crippen molar-refractivity contribution in [1.29, 1.82) is 0 Å². The number of fused-ring (bicyclic) bond motifs is 2. The molecular weight excluding hydrogens is 304 g/mol. The van der Waals surface area contributed by atoms with E-state index in [0.717, 1.165) is 38.2 Å². The van der Waals surface area contributed by atoms with Crippen molar-refractivity contribution in [3.8, 4) is 5.75 Å². The highest BCUT2D eigenvalue weighted by molar-refractivity contribution is 5.70. The number of carbonyl (C=O) groups excluding carboxylic acids is 1. The van der Waals surface area contributed by atoms with Gasteiger partial charge >= 0.3 is 6.09 Å². The average molecular weight is 332 g/mol. The first-order valence-electron chi connectivity index (χ1n) is 8.65. The molecule has 2 heterocycles. The Hall–Kier alpha value is -1.91. The van der Waals surface area contributed by atoms with E-state index >= 15 is 0 Å². The van der Waals surface area contributed by atoms with E-state index in [9.17, 15) is 4.79 Å². The molecule has 1 aromatic rings. The van der Waals surface area contributed by atoms with Gasteiger partial charge < -0.3 is 19.7 Å². The lowest BCUT2D eigenvalue weighted by molar-refractivity contribution is 0.0172. The van der Waals surface area contributed by atoms with Gasteiger partial charge in [-0.05, 0) is 63.8 Å². The van der Waals surface area contributed by atoms with Gasteiger partial charge in [0, 0.05) is 30.7 Å². The third kappa shape index (κ3) is 3.04. The second-order valence-electron chi connectivity index (χ2n) is 7.97. The molecule has 0 aliphatic carbocycles. The maximum Gasteiger partial charge on any atom is 0.410 e. The van der Waals surface area contributed by atoms with Crippen LogP contribution in [0, 0.1) is 6.92 Å². The standard InChI is InChI=1S/C19H28N2O3/c1-13-10-14(23-5)11-15-16(13)20-12-19(15)6-8-21(9-7-19)17(22)24-18(2,3)4/h10-11,20H,6-9,12H2,1-5H3. The normalized spacial score (nSPS) is 19.0. The summed E-state index contributed by atoms with van der Waals surface area (Å²) >= 11 is 0. The summed E-state index contributed by atoms with van der Waals surface area (Å²) in [5.74, 6) is 0.906. The van der Waals surface area contributed by atoms with Crippen LogP contribution in [0.3, 0.4) is 0 Å². The van der Waals surface area contributed by atoms with Gasteiger partial charge in [0.2, 0.25) is 0 Å². The topological polar surface area (TPSA) is 50.8 Å². The number of hydrogen-bond acceptors (Lipinski definition) is 4. The zero-order valence-corrected chi connectivity index (χ0v) is 15.4. The zero-order valence-electron chi connectivity index (χ0n) is 15.4. The van der Waals surface area contributed by atoms with Gasteiger partial charge in [-0.1, -0.05) is 0 Å². The molecule has 5 heteroatoms. The summed E-state index contributed by atoms with van der Waals surface area (Å²) in [5.41, 5.74) is 3.44. The molecule has 24 heavy (non-hydrogen) atoms. The molecule has 1 fully saturated rings. The van der Waals surface area contributed by atoms with Gasteiger partial charge in [0.25, 0.3) is 0 Å². The summed E-state index contributed by atoms with van der Waals surface area (Å²) in [4.78, 5) is 14.1. The summed E-state index contributed by atoms with van der Waals surface area (Å²) in [6.07, 6.45) is 1.68. The highest BCUT2D eigenvalue weighted by atomic mass is 16.6. The van der Waals surface area contributed by atoms with E-state index in [4.69, 9.17) is 9.47 Å². The van der Waals surface area contributed by atoms with Crippen molar-refractivity contribution < 1.29 is 14.3 Å². The van der Waals surface area contributed by atoms with Gasteiger partial charge in [-0.3, -0.25) is 0 Å². The number of carbonyl (C=O) groups is 1. The van der Waals surface area contributed by atoms with Crippen molar-refractivity contribution in [3.63, 3.8) is 0 Å².